The van der Waals surface area contributed by atoms with Gasteiger partial charge in [-0.2, -0.15) is 0 Å². The fourth-order valence-corrected chi connectivity index (χ4v) is 9.04. The van der Waals surface area contributed by atoms with Crippen molar-refractivity contribution in [2.45, 2.75) is 167 Å². The average Bonchev–Trinajstić information content (AvgIpc) is 3.37. The summed E-state index contributed by atoms with van der Waals surface area (Å²) in [7, 11) is 0. The fourth-order valence-electron chi connectivity index (χ4n) is 9.04. The molecule has 1 aliphatic heterocycles. The molecule has 438 valence electrons. The van der Waals surface area contributed by atoms with E-state index in [-0.39, 0.29) is 95.2 Å². The minimum absolute atomic E-state index is 0.0101. The quantitative estimate of drug-likeness (QED) is 0.0447. The molecule has 1 heterocycles. The minimum atomic E-state index is -1.65. The first-order valence-corrected chi connectivity index (χ1v) is 27.2. The molecule has 0 unspecified atom stereocenters. The number of hydrogen-bond acceptors (Lipinski definition) is 17. The molecule has 7 amide bonds. The Morgan fingerprint density at radius 1 is 0.692 bits per heavy atom. The van der Waals surface area contributed by atoms with Crippen molar-refractivity contribution < 1.29 is 68.1 Å². The van der Waals surface area contributed by atoms with Crippen LogP contribution in [0.15, 0.2) is 30.3 Å². The summed E-state index contributed by atoms with van der Waals surface area (Å²) in [6.45, 7) is 6.39. The second-order valence-corrected chi connectivity index (χ2v) is 20.8. The number of hydrogen-bond donors (Lipinski definition) is 13. The molecule has 24 nitrogen and oxygen atoms in total. The van der Waals surface area contributed by atoms with E-state index in [1.54, 1.807) is 30.3 Å². The SMILES string of the molecule is CC(=O)NCCCCCC(=O)C[C@H](C(=O)N[C@H](CO)C(=O)C[C@H]1CCNC(=O)[C@H]([C@@H](C)O)CC(=O)[C@H](CCN)NC(=O)[C@H](CCN)NC(=O)[C@H](CC(C)C)NC(=O)[C@@H](Cc2ccccc2)CC(=O)[C@H](CCN)NC1=O)[C@@H](C)O. The number of nitrogens with two attached hydrogens (primary N) is 3. The van der Waals surface area contributed by atoms with Crippen LogP contribution in [0.4, 0.5) is 0 Å². The molecule has 0 bridgehead atoms. The van der Waals surface area contributed by atoms with E-state index in [4.69, 9.17) is 17.2 Å². The molecule has 0 aliphatic carbocycles. The molecule has 0 saturated carbocycles. The van der Waals surface area contributed by atoms with Gasteiger partial charge in [0, 0.05) is 64.0 Å². The maximum Gasteiger partial charge on any atom is 0.243 e. The number of unbranched alkanes of at least 4 members (excludes halogenated alkanes) is 2. The smallest absolute Gasteiger partial charge is 0.243 e. The summed E-state index contributed by atoms with van der Waals surface area (Å²) in [5.41, 5.74) is 18.3. The van der Waals surface area contributed by atoms with Crippen molar-refractivity contribution in [2.24, 2.45) is 46.8 Å². The van der Waals surface area contributed by atoms with Gasteiger partial charge in [0.25, 0.3) is 0 Å². The highest BCUT2D eigenvalue weighted by Gasteiger charge is 2.37. The van der Waals surface area contributed by atoms with Crippen LogP contribution in [0.25, 0.3) is 0 Å². The first-order valence-electron chi connectivity index (χ1n) is 27.2. The largest absolute Gasteiger partial charge is 0.394 e. The van der Waals surface area contributed by atoms with E-state index in [2.05, 4.69) is 37.2 Å². The van der Waals surface area contributed by atoms with Crippen molar-refractivity contribution >= 4 is 64.5 Å². The predicted octanol–water partition coefficient (Wildman–Crippen LogP) is -1.98. The number of benzene rings is 1. The van der Waals surface area contributed by atoms with Gasteiger partial charge < -0.3 is 69.7 Å². The third kappa shape index (κ3) is 24.7. The third-order valence-corrected chi connectivity index (χ3v) is 13.6. The molecule has 1 aromatic carbocycles. The van der Waals surface area contributed by atoms with Gasteiger partial charge >= 0.3 is 0 Å². The molecule has 11 atom stereocenters. The zero-order valence-corrected chi connectivity index (χ0v) is 46.0. The zero-order valence-electron chi connectivity index (χ0n) is 46.0. The van der Waals surface area contributed by atoms with Gasteiger partial charge in [-0.25, -0.2) is 0 Å². The number of rotatable bonds is 26. The van der Waals surface area contributed by atoms with Crippen LogP contribution in [0.3, 0.4) is 0 Å². The van der Waals surface area contributed by atoms with E-state index in [0.29, 0.717) is 31.4 Å². The van der Waals surface area contributed by atoms with Gasteiger partial charge in [0.15, 0.2) is 17.3 Å². The molecule has 0 spiro atoms. The van der Waals surface area contributed by atoms with Crippen molar-refractivity contribution in [2.75, 3.05) is 39.3 Å². The highest BCUT2D eigenvalue weighted by molar-refractivity contribution is 5.98. The number of carbonyl (C=O) groups excluding carboxylic acids is 11. The molecule has 16 N–H and O–H groups in total. The van der Waals surface area contributed by atoms with E-state index < -0.39 is 145 Å². The minimum Gasteiger partial charge on any atom is -0.394 e. The predicted molar refractivity (Wildman–Crippen MR) is 288 cm³/mol. The Bertz CT molecular complexity index is 2140. The lowest BCUT2D eigenvalue weighted by Gasteiger charge is -2.27. The Kier molecular flexibility index (Phi) is 31.6. The number of ketones is 4. The fraction of sp³-hybridized carbons (Fsp3) is 0.685. The van der Waals surface area contributed by atoms with Crippen molar-refractivity contribution in [3.8, 4) is 0 Å². The highest BCUT2D eigenvalue weighted by atomic mass is 16.3. The van der Waals surface area contributed by atoms with Crippen LogP contribution in [0.2, 0.25) is 0 Å². The van der Waals surface area contributed by atoms with E-state index in [1.807, 2.05) is 13.8 Å². The Balaban J connectivity index is 2.64. The lowest BCUT2D eigenvalue weighted by Crippen LogP contribution is -2.57. The van der Waals surface area contributed by atoms with Gasteiger partial charge in [0.2, 0.25) is 41.4 Å². The number of carbonyl (C=O) groups is 11. The van der Waals surface area contributed by atoms with Gasteiger partial charge in [-0.15, -0.1) is 0 Å². The first kappa shape index (κ1) is 68.1. The Hall–Kier alpha value is -6.05. The monoisotopic (exact) mass is 1100 g/mol. The maximum absolute atomic E-state index is 14.4. The van der Waals surface area contributed by atoms with Gasteiger partial charge in [-0.3, -0.25) is 52.7 Å². The average molecular weight is 1100 g/mol. The third-order valence-electron chi connectivity index (χ3n) is 13.6. The standard InChI is InChI=1S/C54H88N10O14/c1-31(2)24-44-54(78)62-43(17-21-57)53(77)61-42(16-20-56)48(72)29-40(33(4)67)51(75)59-23-18-36(49(73)60-41(15-19-55)46(70)27-37(50(74)63-44)25-35-12-8-6-9-13-35)26-47(71)45(30-65)64-52(76)39(32(3)66)28-38(69)14-10-7-11-22-58-34(5)68/h6,8-9,12-13,31-33,36-37,39-45,65-67H,7,10-11,14-30,55-57H2,1-5H3,(H,58,68)(H,59,75)(H,60,73)(H,61,77)(H,62,78)(H,63,74)(H,64,76)/t32-,33-,36-,37+,39+,40+,41+,42+,43+,44+,45-/m1/s1. The molecule has 0 radical (unpaired) electrons. The summed E-state index contributed by atoms with van der Waals surface area (Å²) in [5, 5.41) is 50.1. The van der Waals surface area contributed by atoms with Gasteiger partial charge in [-0.05, 0) is 96.3 Å². The molecule has 1 fully saturated rings. The highest BCUT2D eigenvalue weighted by Crippen LogP contribution is 2.21. The van der Waals surface area contributed by atoms with Crippen LogP contribution >= 0.6 is 0 Å². The first-order chi connectivity index (χ1) is 37.0. The van der Waals surface area contributed by atoms with Gasteiger partial charge in [-0.1, -0.05) is 50.6 Å². The van der Waals surface area contributed by atoms with Gasteiger partial charge in [0.05, 0.1) is 42.7 Å². The Morgan fingerprint density at radius 2 is 1.24 bits per heavy atom. The summed E-state index contributed by atoms with van der Waals surface area (Å²) in [6.07, 6.45) is -3.71. The number of aliphatic hydroxyl groups is 3. The molecule has 78 heavy (non-hydrogen) atoms. The normalized spacial score (nSPS) is 23.3. The lowest BCUT2D eigenvalue weighted by atomic mass is 9.89. The summed E-state index contributed by atoms with van der Waals surface area (Å²) in [5.74, 6) is -13.0. The molecular weight excluding hydrogens is 1010 g/mol. The molecular formula is C54H88N10O14. The summed E-state index contributed by atoms with van der Waals surface area (Å²) >= 11 is 0. The maximum atomic E-state index is 14.4. The second kappa shape index (κ2) is 36.2. The van der Waals surface area contributed by atoms with Gasteiger partial charge in [0.1, 0.15) is 23.9 Å². The number of aliphatic hydroxyl groups excluding tert-OH is 3. The molecule has 1 aliphatic rings. The van der Waals surface area contributed by atoms with Crippen molar-refractivity contribution in [3.63, 3.8) is 0 Å². The van der Waals surface area contributed by atoms with Crippen molar-refractivity contribution in [1.29, 1.82) is 0 Å². The van der Waals surface area contributed by atoms with E-state index >= 15 is 0 Å². The van der Waals surface area contributed by atoms with Crippen molar-refractivity contribution in [1.82, 2.24) is 37.2 Å². The Morgan fingerprint density at radius 3 is 1.81 bits per heavy atom. The zero-order chi connectivity index (χ0) is 58.5. The van der Waals surface area contributed by atoms with Crippen LogP contribution in [0.5, 0.6) is 0 Å². The lowest BCUT2D eigenvalue weighted by molar-refractivity contribution is -0.137. The summed E-state index contributed by atoms with van der Waals surface area (Å²) in [4.78, 5) is 151. The van der Waals surface area contributed by atoms with Crippen LogP contribution in [0, 0.1) is 29.6 Å². The van der Waals surface area contributed by atoms with Crippen LogP contribution in [-0.2, 0) is 59.2 Å². The number of nitrogens with one attached hydrogen (secondary N) is 7. The summed E-state index contributed by atoms with van der Waals surface area (Å²) in [6, 6.07) is 1.93. The molecule has 2 rings (SSSR count). The number of Topliss-reactive ketones (excluding diaryl/α,β-unsaturated/α-hetero) is 4. The molecule has 0 aromatic heterocycles. The van der Waals surface area contributed by atoms with E-state index in [1.165, 1.54) is 20.8 Å². The Labute approximate surface area is 457 Å². The van der Waals surface area contributed by atoms with Crippen LogP contribution < -0.4 is 54.4 Å². The van der Waals surface area contributed by atoms with Crippen molar-refractivity contribution in [3.05, 3.63) is 35.9 Å². The molecule has 1 aromatic rings. The number of amides is 7. The van der Waals surface area contributed by atoms with E-state index in [0.717, 1.165) is 0 Å². The summed E-state index contributed by atoms with van der Waals surface area (Å²) < 4.78 is 0. The van der Waals surface area contributed by atoms with E-state index in [9.17, 15) is 68.1 Å². The van der Waals surface area contributed by atoms with Crippen LogP contribution in [-0.4, -0.2) is 162 Å². The second-order valence-electron chi connectivity index (χ2n) is 20.8. The topological polar surface area (TPSA) is 411 Å². The molecule has 1 saturated heterocycles. The van der Waals surface area contributed by atoms with Crippen LogP contribution in [0.1, 0.15) is 124 Å². The molecule has 24 heteroatoms.